The molecule has 0 atom stereocenters. The van der Waals surface area contributed by atoms with E-state index >= 15 is 0 Å². The molecule has 0 unspecified atom stereocenters. The molecule has 0 saturated heterocycles. The molecule has 0 aliphatic carbocycles. The first-order valence-electron chi connectivity index (χ1n) is 8.69. The highest BCUT2D eigenvalue weighted by atomic mass is 32.2. The van der Waals surface area contributed by atoms with Gasteiger partial charge in [-0.3, -0.25) is 14.2 Å². The third-order valence-corrected chi connectivity index (χ3v) is 6.81. The van der Waals surface area contributed by atoms with Gasteiger partial charge in [-0.15, -0.1) is 29.3 Å². The number of nitriles is 1. The summed E-state index contributed by atoms with van der Waals surface area (Å²) in [4.78, 5) is 30.7. The van der Waals surface area contributed by atoms with Crippen LogP contribution in [0.1, 0.15) is 5.56 Å². The van der Waals surface area contributed by atoms with E-state index in [0.717, 1.165) is 11.8 Å². The quantitative estimate of drug-likeness (QED) is 0.249. The molecule has 4 aromatic heterocycles. The molecule has 0 spiro atoms. The molecule has 4 aromatic rings. The van der Waals surface area contributed by atoms with Gasteiger partial charge >= 0.3 is 0 Å². The van der Waals surface area contributed by atoms with Gasteiger partial charge in [0, 0.05) is 17.5 Å². The van der Waals surface area contributed by atoms with Crippen molar-refractivity contribution in [3.8, 4) is 17.4 Å². The maximum Gasteiger partial charge on any atom is 0.263 e. The summed E-state index contributed by atoms with van der Waals surface area (Å²) < 4.78 is 6.95. The molecule has 1 N–H and O–H groups in total. The third-order valence-electron chi connectivity index (χ3n) is 4.13. The Bertz CT molecular complexity index is 1330. The number of hydrogen-bond donors (Lipinski definition) is 1. The van der Waals surface area contributed by atoms with Crippen LogP contribution >= 0.6 is 34.4 Å². The van der Waals surface area contributed by atoms with Crippen molar-refractivity contribution in [2.24, 2.45) is 0 Å². The van der Waals surface area contributed by atoms with Crippen molar-refractivity contribution in [3.63, 3.8) is 0 Å². The Labute approximate surface area is 183 Å². The number of nitrogens with zero attached hydrogens (tertiary/aromatic N) is 3. The summed E-state index contributed by atoms with van der Waals surface area (Å²) in [5.74, 6) is 0.379. The summed E-state index contributed by atoms with van der Waals surface area (Å²) in [5, 5.41) is 16.8. The fourth-order valence-electron chi connectivity index (χ4n) is 2.81. The maximum atomic E-state index is 13.2. The van der Waals surface area contributed by atoms with Crippen LogP contribution in [0.2, 0.25) is 0 Å². The Morgan fingerprint density at radius 1 is 1.43 bits per heavy atom. The normalized spacial score (nSPS) is 10.8. The third kappa shape index (κ3) is 3.82. The molecule has 0 bridgehead atoms. The average molecular weight is 455 g/mol. The van der Waals surface area contributed by atoms with E-state index in [1.165, 1.54) is 27.2 Å². The lowest BCUT2D eigenvalue weighted by Gasteiger charge is -2.10. The SMILES string of the molecule is C=CCn1c(SCC(=O)Nc2sccc2C#N)nc2scc(-c3ccco3)c2c1=O. The predicted molar refractivity (Wildman–Crippen MR) is 120 cm³/mol. The molecule has 0 radical (unpaired) electrons. The van der Waals surface area contributed by atoms with Crippen molar-refractivity contribution in [1.82, 2.24) is 9.55 Å². The molecule has 0 aliphatic rings. The first kappa shape index (κ1) is 20.2. The molecular weight excluding hydrogens is 440 g/mol. The van der Waals surface area contributed by atoms with Crippen LogP contribution in [0, 0.1) is 11.3 Å². The van der Waals surface area contributed by atoms with Crippen LogP contribution < -0.4 is 10.9 Å². The van der Waals surface area contributed by atoms with E-state index < -0.39 is 0 Å². The number of nitrogens with one attached hydrogen (secondary N) is 1. The van der Waals surface area contributed by atoms with Crippen LogP contribution in [0.3, 0.4) is 0 Å². The van der Waals surface area contributed by atoms with Crippen LogP contribution in [0.15, 0.2) is 62.2 Å². The van der Waals surface area contributed by atoms with Crippen molar-refractivity contribution in [2.75, 3.05) is 11.1 Å². The number of furan rings is 1. The number of thiophene rings is 2. The minimum absolute atomic E-state index is 0.0499. The van der Waals surface area contributed by atoms with Gasteiger partial charge < -0.3 is 9.73 Å². The van der Waals surface area contributed by atoms with Crippen molar-refractivity contribution < 1.29 is 9.21 Å². The average Bonchev–Trinajstić information content (AvgIpc) is 3.49. The molecule has 0 saturated carbocycles. The smallest absolute Gasteiger partial charge is 0.263 e. The second kappa shape index (κ2) is 8.71. The number of carbonyl (C=O) groups excluding carboxylic acids is 1. The van der Waals surface area contributed by atoms with E-state index in [1.54, 1.807) is 35.9 Å². The van der Waals surface area contributed by atoms with Crippen molar-refractivity contribution in [3.05, 3.63) is 63.8 Å². The number of rotatable bonds is 7. The zero-order valence-corrected chi connectivity index (χ0v) is 17.9. The van der Waals surface area contributed by atoms with Gasteiger partial charge in [-0.05, 0) is 23.6 Å². The molecule has 150 valence electrons. The van der Waals surface area contributed by atoms with Crippen molar-refractivity contribution in [2.45, 2.75) is 11.7 Å². The predicted octanol–water partition coefficient (Wildman–Crippen LogP) is 4.57. The van der Waals surface area contributed by atoms with Crippen LogP contribution in [0.5, 0.6) is 0 Å². The van der Waals surface area contributed by atoms with E-state index in [4.69, 9.17) is 9.68 Å². The Kier molecular flexibility index (Phi) is 5.85. The van der Waals surface area contributed by atoms with Gasteiger partial charge in [0.15, 0.2) is 5.16 Å². The molecular formula is C20H14N4O3S3. The van der Waals surface area contributed by atoms with Gasteiger partial charge in [-0.1, -0.05) is 17.8 Å². The molecule has 10 heteroatoms. The van der Waals surface area contributed by atoms with E-state index in [9.17, 15) is 9.59 Å². The number of fused-ring (bicyclic) bond motifs is 1. The van der Waals surface area contributed by atoms with Gasteiger partial charge in [0.05, 0.1) is 23.0 Å². The standard InChI is InChI=1S/C20H14N4O3S3/c1-2-6-24-19(26)16-13(14-4-3-7-27-14)10-29-18(16)23-20(24)30-11-15(25)22-17-12(9-21)5-8-28-17/h2-5,7-8,10H,1,6,11H2,(H,22,25). The minimum atomic E-state index is -0.277. The van der Waals surface area contributed by atoms with Gasteiger partial charge in [0.25, 0.3) is 5.56 Å². The summed E-state index contributed by atoms with van der Waals surface area (Å²) >= 11 is 3.80. The number of carbonyl (C=O) groups is 1. The van der Waals surface area contributed by atoms with Crippen molar-refractivity contribution >= 4 is 55.6 Å². The molecule has 1 amide bonds. The molecule has 7 nitrogen and oxygen atoms in total. The van der Waals surface area contributed by atoms with Crippen LogP contribution in [0.4, 0.5) is 5.00 Å². The Hall–Kier alpha value is -3.13. The first-order chi connectivity index (χ1) is 14.6. The second-order valence-corrected chi connectivity index (χ2v) is 8.73. The van der Waals surface area contributed by atoms with Gasteiger partial charge in [0.1, 0.15) is 21.7 Å². The molecule has 0 fully saturated rings. The number of amides is 1. The van der Waals surface area contributed by atoms with E-state index in [2.05, 4.69) is 16.9 Å². The molecule has 4 rings (SSSR count). The highest BCUT2D eigenvalue weighted by molar-refractivity contribution is 7.99. The lowest BCUT2D eigenvalue weighted by Crippen LogP contribution is -2.23. The molecule has 0 aliphatic heterocycles. The van der Waals surface area contributed by atoms with Gasteiger partial charge in [-0.25, -0.2) is 4.98 Å². The topological polar surface area (TPSA) is 101 Å². The Morgan fingerprint density at radius 3 is 3.03 bits per heavy atom. The highest BCUT2D eigenvalue weighted by Gasteiger charge is 2.19. The second-order valence-electron chi connectivity index (χ2n) is 6.02. The zero-order valence-electron chi connectivity index (χ0n) is 15.5. The van der Waals surface area contributed by atoms with Crippen LogP contribution in [0.25, 0.3) is 21.5 Å². The van der Waals surface area contributed by atoms with Gasteiger partial charge in [0.2, 0.25) is 5.91 Å². The number of allylic oxidation sites excluding steroid dienone is 1. The van der Waals surface area contributed by atoms with Crippen LogP contribution in [-0.2, 0) is 11.3 Å². The minimum Gasteiger partial charge on any atom is -0.464 e. The monoisotopic (exact) mass is 454 g/mol. The molecule has 4 heterocycles. The summed E-state index contributed by atoms with van der Waals surface area (Å²) in [7, 11) is 0. The van der Waals surface area contributed by atoms with Crippen LogP contribution in [-0.4, -0.2) is 21.2 Å². The lowest BCUT2D eigenvalue weighted by molar-refractivity contribution is -0.113. The van der Waals surface area contributed by atoms with E-state index in [0.29, 0.717) is 37.3 Å². The van der Waals surface area contributed by atoms with Gasteiger partial charge in [-0.2, -0.15) is 5.26 Å². The lowest BCUT2D eigenvalue weighted by atomic mass is 10.2. The maximum absolute atomic E-state index is 13.2. The summed E-state index contributed by atoms with van der Waals surface area (Å²) in [6.45, 7) is 3.99. The first-order valence-corrected chi connectivity index (χ1v) is 11.4. The summed E-state index contributed by atoms with van der Waals surface area (Å²) in [5.41, 5.74) is 0.914. The summed E-state index contributed by atoms with van der Waals surface area (Å²) in [6.07, 6.45) is 3.17. The highest BCUT2D eigenvalue weighted by Crippen LogP contribution is 2.32. The zero-order chi connectivity index (χ0) is 21.1. The Morgan fingerprint density at radius 2 is 2.30 bits per heavy atom. The van der Waals surface area contributed by atoms with E-state index in [1.807, 2.05) is 11.4 Å². The summed E-state index contributed by atoms with van der Waals surface area (Å²) in [6, 6.07) is 7.25. The molecule has 30 heavy (non-hydrogen) atoms. The Balaban J connectivity index is 1.63. The van der Waals surface area contributed by atoms with Crippen molar-refractivity contribution in [1.29, 1.82) is 5.26 Å². The largest absolute Gasteiger partial charge is 0.464 e. The number of hydrogen-bond acceptors (Lipinski definition) is 8. The van der Waals surface area contributed by atoms with E-state index in [-0.39, 0.29) is 23.8 Å². The number of anilines is 1. The number of thioether (sulfide) groups is 1. The fourth-order valence-corrected chi connectivity index (χ4v) is 5.34. The molecule has 0 aromatic carbocycles. The fraction of sp³-hybridized carbons (Fsp3) is 0.100. The number of aromatic nitrogens is 2.